The van der Waals surface area contributed by atoms with Crippen molar-refractivity contribution in [3.05, 3.63) is 30.1 Å². The first-order valence-electron chi connectivity index (χ1n) is 4.06. The molecule has 15 heavy (non-hydrogen) atoms. The lowest BCUT2D eigenvalue weighted by atomic mass is 10.3. The Morgan fingerprint density at radius 3 is 2.27 bits per heavy atom. The number of aromatic nitrogens is 1. The Bertz CT molecular complexity index is 324. The molecule has 6 heteroatoms. The van der Waals surface area contributed by atoms with E-state index in [9.17, 15) is 9.59 Å². The molecule has 6 nitrogen and oxygen atoms in total. The summed E-state index contributed by atoms with van der Waals surface area (Å²) >= 11 is 0. The number of amides is 1. The van der Waals surface area contributed by atoms with E-state index in [1.807, 2.05) is 0 Å². The molecule has 0 saturated heterocycles. The largest absolute Gasteiger partial charge is 0.479 e. The van der Waals surface area contributed by atoms with Crippen molar-refractivity contribution in [2.45, 2.75) is 13.0 Å². The molecule has 0 radical (unpaired) electrons. The molecule has 1 amide bonds. The molecular weight excluding hydrogens is 200 g/mol. The molecule has 1 atom stereocenters. The third kappa shape index (κ3) is 6.17. The second kappa shape index (κ2) is 6.50. The molecule has 1 unspecified atom stereocenters. The van der Waals surface area contributed by atoms with Crippen LogP contribution in [0.2, 0.25) is 0 Å². The van der Waals surface area contributed by atoms with E-state index in [0.717, 1.165) is 0 Å². The number of carboxylic acids is 1. The molecular formula is C9H12N2O4. The van der Waals surface area contributed by atoms with Gasteiger partial charge in [-0.05, 0) is 19.1 Å². The number of aliphatic hydroxyl groups excluding tert-OH is 1. The Morgan fingerprint density at radius 1 is 1.53 bits per heavy atom. The molecule has 0 aliphatic carbocycles. The van der Waals surface area contributed by atoms with Crippen LogP contribution in [0.4, 0.5) is 0 Å². The van der Waals surface area contributed by atoms with Gasteiger partial charge in [0, 0.05) is 12.4 Å². The summed E-state index contributed by atoms with van der Waals surface area (Å²) < 4.78 is 0. The summed E-state index contributed by atoms with van der Waals surface area (Å²) in [5.74, 6) is -1.63. The Balaban J connectivity index is 0.000000288. The van der Waals surface area contributed by atoms with Crippen LogP contribution in [0.1, 0.15) is 17.3 Å². The number of primary amides is 1. The number of hydrogen-bond acceptors (Lipinski definition) is 4. The van der Waals surface area contributed by atoms with Crippen LogP contribution >= 0.6 is 0 Å². The van der Waals surface area contributed by atoms with Crippen LogP contribution in [-0.4, -0.2) is 33.2 Å². The monoisotopic (exact) mass is 212 g/mol. The fourth-order valence-corrected chi connectivity index (χ4v) is 0.509. The van der Waals surface area contributed by atoms with E-state index in [1.165, 1.54) is 13.1 Å². The van der Waals surface area contributed by atoms with Gasteiger partial charge in [0.1, 0.15) is 6.10 Å². The van der Waals surface area contributed by atoms with Gasteiger partial charge in [0.05, 0.1) is 5.56 Å². The van der Waals surface area contributed by atoms with E-state index in [1.54, 1.807) is 18.3 Å². The Labute approximate surface area is 86.4 Å². The number of rotatable bonds is 2. The summed E-state index contributed by atoms with van der Waals surface area (Å²) in [5.41, 5.74) is 5.38. The summed E-state index contributed by atoms with van der Waals surface area (Å²) in [6.07, 6.45) is 1.79. The predicted octanol–water partition coefficient (Wildman–Crippen LogP) is -0.368. The molecule has 0 aromatic carbocycles. The maximum Gasteiger partial charge on any atom is 0.332 e. The fourth-order valence-electron chi connectivity index (χ4n) is 0.509. The Hall–Kier alpha value is -1.95. The van der Waals surface area contributed by atoms with Gasteiger partial charge in [-0.3, -0.25) is 9.78 Å². The minimum atomic E-state index is -1.23. The second-order valence-corrected chi connectivity index (χ2v) is 2.62. The van der Waals surface area contributed by atoms with Crippen molar-refractivity contribution in [1.82, 2.24) is 4.98 Å². The molecule has 82 valence electrons. The first kappa shape index (κ1) is 13.1. The Kier molecular flexibility index (Phi) is 5.65. The van der Waals surface area contributed by atoms with Crippen molar-refractivity contribution in [3.63, 3.8) is 0 Å². The van der Waals surface area contributed by atoms with Gasteiger partial charge >= 0.3 is 5.97 Å². The third-order valence-electron chi connectivity index (χ3n) is 1.30. The van der Waals surface area contributed by atoms with Gasteiger partial charge in [0.15, 0.2) is 0 Å². The molecule has 0 aliphatic rings. The highest BCUT2D eigenvalue weighted by Gasteiger charge is 2.01. The smallest absolute Gasteiger partial charge is 0.332 e. The quantitative estimate of drug-likeness (QED) is 0.619. The first-order valence-corrected chi connectivity index (χ1v) is 4.06. The van der Waals surface area contributed by atoms with Crippen LogP contribution < -0.4 is 5.73 Å². The lowest BCUT2D eigenvalue weighted by molar-refractivity contribution is -0.145. The van der Waals surface area contributed by atoms with Crippen molar-refractivity contribution >= 4 is 11.9 Å². The number of carbonyl (C=O) groups is 2. The molecule has 0 aliphatic heterocycles. The maximum atomic E-state index is 10.4. The molecule has 0 bridgehead atoms. The third-order valence-corrected chi connectivity index (χ3v) is 1.30. The van der Waals surface area contributed by atoms with Crippen LogP contribution in [-0.2, 0) is 4.79 Å². The number of pyridine rings is 1. The summed E-state index contributed by atoms with van der Waals surface area (Å²) in [6.45, 7) is 1.20. The van der Waals surface area contributed by atoms with E-state index < -0.39 is 18.0 Å². The van der Waals surface area contributed by atoms with Gasteiger partial charge in [-0.15, -0.1) is 0 Å². The van der Waals surface area contributed by atoms with Gasteiger partial charge < -0.3 is 15.9 Å². The van der Waals surface area contributed by atoms with Crippen molar-refractivity contribution < 1.29 is 19.8 Å². The van der Waals surface area contributed by atoms with E-state index >= 15 is 0 Å². The van der Waals surface area contributed by atoms with E-state index in [-0.39, 0.29) is 0 Å². The van der Waals surface area contributed by atoms with Gasteiger partial charge in [-0.2, -0.15) is 0 Å². The molecule has 1 aromatic rings. The van der Waals surface area contributed by atoms with Crippen LogP contribution in [0.5, 0.6) is 0 Å². The first-order chi connectivity index (χ1) is 6.95. The average Bonchev–Trinajstić information content (AvgIpc) is 2.20. The normalized spacial score (nSPS) is 10.8. The summed E-state index contributed by atoms with van der Waals surface area (Å²) in [4.78, 5) is 23.5. The zero-order valence-corrected chi connectivity index (χ0v) is 8.12. The summed E-state index contributed by atoms with van der Waals surface area (Å²) in [6, 6.07) is 3.29. The molecule has 0 fully saturated rings. The number of carbonyl (C=O) groups excluding carboxylic acids is 1. The second-order valence-electron chi connectivity index (χ2n) is 2.62. The van der Waals surface area contributed by atoms with Crippen LogP contribution in [0.3, 0.4) is 0 Å². The van der Waals surface area contributed by atoms with E-state index in [2.05, 4.69) is 4.98 Å². The van der Waals surface area contributed by atoms with Crippen LogP contribution in [0.15, 0.2) is 24.5 Å². The van der Waals surface area contributed by atoms with Crippen molar-refractivity contribution in [1.29, 1.82) is 0 Å². The SMILES string of the molecule is CC(O)C(=O)O.NC(=O)c1cccnc1. The molecule has 1 rings (SSSR count). The fraction of sp³-hybridized carbons (Fsp3) is 0.222. The minimum Gasteiger partial charge on any atom is -0.479 e. The minimum absolute atomic E-state index is 0.442. The van der Waals surface area contributed by atoms with Gasteiger partial charge in [-0.25, -0.2) is 4.79 Å². The summed E-state index contributed by atoms with van der Waals surface area (Å²) in [5, 5.41) is 15.8. The molecule has 0 spiro atoms. The standard InChI is InChI=1S/C6H6N2O.C3H6O3/c7-6(9)5-2-1-3-8-4-5;1-2(4)3(5)6/h1-4H,(H2,7,9);2,4H,1H3,(H,5,6). The highest BCUT2D eigenvalue weighted by atomic mass is 16.4. The topological polar surface area (TPSA) is 114 Å². The lowest BCUT2D eigenvalue weighted by Crippen LogP contribution is -2.13. The van der Waals surface area contributed by atoms with E-state index in [0.29, 0.717) is 5.56 Å². The van der Waals surface area contributed by atoms with Crippen molar-refractivity contribution in [2.24, 2.45) is 5.73 Å². The zero-order valence-electron chi connectivity index (χ0n) is 8.12. The van der Waals surface area contributed by atoms with Gasteiger partial charge in [0.25, 0.3) is 0 Å². The van der Waals surface area contributed by atoms with Crippen LogP contribution in [0.25, 0.3) is 0 Å². The highest BCUT2D eigenvalue weighted by Crippen LogP contribution is 1.91. The Morgan fingerprint density at radius 2 is 2.07 bits per heavy atom. The lowest BCUT2D eigenvalue weighted by Gasteiger charge is -1.89. The number of hydrogen-bond donors (Lipinski definition) is 3. The molecule has 1 aromatic heterocycles. The maximum absolute atomic E-state index is 10.4. The number of aliphatic carboxylic acids is 1. The van der Waals surface area contributed by atoms with Gasteiger partial charge in [-0.1, -0.05) is 0 Å². The number of aliphatic hydroxyl groups is 1. The molecule has 4 N–H and O–H groups in total. The molecule has 0 saturated carbocycles. The predicted molar refractivity (Wildman–Crippen MR) is 52.1 cm³/mol. The summed E-state index contributed by atoms with van der Waals surface area (Å²) in [7, 11) is 0. The van der Waals surface area contributed by atoms with Crippen molar-refractivity contribution in [2.75, 3.05) is 0 Å². The molecule has 1 heterocycles. The number of carboxylic acid groups (broad SMARTS) is 1. The van der Waals surface area contributed by atoms with Crippen molar-refractivity contribution in [3.8, 4) is 0 Å². The van der Waals surface area contributed by atoms with Crippen LogP contribution in [0, 0.1) is 0 Å². The van der Waals surface area contributed by atoms with Gasteiger partial charge in [0.2, 0.25) is 5.91 Å². The number of nitrogens with two attached hydrogens (primary N) is 1. The number of nitrogens with zero attached hydrogens (tertiary/aromatic N) is 1. The zero-order chi connectivity index (χ0) is 11.8. The van der Waals surface area contributed by atoms with E-state index in [4.69, 9.17) is 15.9 Å². The highest BCUT2D eigenvalue weighted by molar-refractivity contribution is 5.92. The average molecular weight is 212 g/mol.